The van der Waals surface area contributed by atoms with Crippen molar-refractivity contribution >= 4 is 27.4 Å². The average Bonchev–Trinajstić information content (AvgIpc) is 3.00. The van der Waals surface area contributed by atoms with Crippen molar-refractivity contribution in [3.05, 3.63) is 41.9 Å². The minimum atomic E-state index is 0.0881. The van der Waals surface area contributed by atoms with E-state index in [-0.39, 0.29) is 6.04 Å². The number of rotatable bonds is 3. The van der Waals surface area contributed by atoms with Crippen LogP contribution in [0.15, 0.2) is 40.6 Å². The molecule has 3 aromatic rings. The van der Waals surface area contributed by atoms with E-state index in [0.717, 1.165) is 21.8 Å². The van der Waals surface area contributed by atoms with Crippen LogP contribution >= 0.6 is 11.3 Å². The van der Waals surface area contributed by atoms with E-state index < -0.39 is 0 Å². The highest BCUT2D eigenvalue weighted by molar-refractivity contribution is 7.17. The molecule has 0 fully saturated rings. The fourth-order valence-corrected chi connectivity index (χ4v) is 2.50. The van der Waals surface area contributed by atoms with Crippen LogP contribution in [0.5, 0.6) is 0 Å². The van der Waals surface area contributed by atoms with Crippen LogP contribution in [0, 0.1) is 0 Å². The lowest BCUT2D eigenvalue weighted by Crippen LogP contribution is -2.07. The second-order valence-electron chi connectivity index (χ2n) is 3.74. The molecule has 4 nitrogen and oxygen atoms in total. The van der Waals surface area contributed by atoms with Gasteiger partial charge in [0.2, 0.25) is 0 Å². The highest BCUT2D eigenvalue weighted by atomic mass is 32.1. The van der Waals surface area contributed by atoms with Gasteiger partial charge >= 0.3 is 0 Å². The molecule has 0 aliphatic carbocycles. The van der Waals surface area contributed by atoms with Crippen LogP contribution in [0.3, 0.4) is 0 Å². The molecule has 0 saturated carbocycles. The zero-order valence-electron chi connectivity index (χ0n) is 9.25. The molecular formula is C12H11N3OS. The molecule has 0 radical (unpaired) electrons. The quantitative estimate of drug-likeness (QED) is 0.767. The average molecular weight is 245 g/mol. The third kappa shape index (κ3) is 1.89. The minimum Gasteiger partial charge on any atom is -0.467 e. The van der Waals surface area contributed by atoms with Crippen molar-refractivity contribution in [3.8, 4) is 0 Å². The zero-order valence-corrected chi connectivity index (χ0v) is 10.1. The summed E-state index contributed by atoms with van der Waals surface area (Å²) >= 11 is 1.64. The Morgan fingerprint density at radius 1 is 1.35 bits per heavy atom. The topological polar surface area (TPSA) is 51.0 Å². The highest BCUT2D eigenvalue weighted by Gasteiger charge is 2.11. The molecular weight excluding hydrogens is 234 g/mol. The number of aromatic nitrogens is 2. The van der Waals surface area contributed by atoms with Crippen LogP contribution in [0.4, 0.5) is 5.82 Å². The Balaban J connectivity index is 1.92. The summed E-state index contributed by atoms with van der Waals surface area (Å²) in [4.78, 5) is 8.48. The van der Waals surface area contributed by atoms with Gasteiger partial charge in [-0.15, -0.1) is 11.3 Å². The Morgan fingerprint density at radius 3 is 3.12 bits per heavy atom. The summed E-state index contributed by atoms with van der Waals surface area (Å²) in [6.45, 7) is 2.04. The summed E-state index contributed by atoms with van der Waals surface area (Å²) < 4.78 is 6.43. The molecule has 1 N–H and O–H groups in total. The molecule has 86 valence electrons. The van der Waals surface area contributed by atoms with Crippen LogP contribution in [-0.4, -0.2) is 9.97 Å². The van der Waals surface area contributed by atoms with E-state index in [4.69, 9.17) is 4.42 Å². The Labute approximate surface area is 102 Å². The van der Waals surface area contributed by atoms with E-state index in [1.807, 2.05) is 30.5 Å². The first-order valence-corrected chi connectivity index (χ1v) is 6.20. The Bertz CT molecular complexity index is 618. The first-order valence-electron chi connectivity index (χ1n) is 5.33. The summed E-state index contributed by atoms with van der Waals surface area (Å²) in [5, 5.41) is 5.35. The number of furan rings is 1. The van der Waals surface area contributed by atoms with Gasteiger partial charge in [-0.25, -0.2) is 9.97 Å². The Morgan fingerprint density at radius 2 is 2.29 bits per heavy atom. The summed E-state index contributed by atoms with van der Waals surface area (Å²) in [6.07, 6.45) is 3.25. The number of hydrogen-bond acceptors (Lipinski definition) is 5. The van der Waals surface area contributed by atoms with Crippen molar-refractivity contribution in [1.82, 2.24) is 9.97 Å². The lowest BCUT2D eigenvalue weighted by atomic mass is 10.2. The first kappa shape index (κ1) is 10.3. The molecule has 17 heavy (non-hydrogen) atoms. The molecule has 0 unspecified atom stereocenters. The van der Waals surface area contributed by atoms with Gasteiger partial charge in [-0.2, -0.15) is 0 Å². The lowest BCUT2D eigenvalue weighted by molar-refractivity contribution is 0.490. The zero-order chi connectivity index (χ0) is 11.7. The Kier molecular flexibility index (Phi) is 2.53. The number of nitrogens with one attached hydrogen (secondary N) is 1. The van der Waals surface area contributed by atoms with E-state index in [2.05, 4.69) is 15.3 Å². The molecule has 0 aromatic carbocycles. The standard InChI is InChI=1S/C12H11N3OS/c1-8(10-3-2-5-16-10)15-12-11-9(4-6-17-11)13-7-14-12/h2-8H,1H3,(H,13,14,15)/t8-/m1/s1. The number of fused-ring (bicyclic) bond motifs is 1. The normalized spacial score (nSPS) is 12.8. The van der Waals surface area contributed by atoms with Crippen molar-refractivity contribution in [3.63, 3.8) is 0 Å². The van der Waals surface area contributed by atoms with Gasteiger partial charge in [-0.3, -0.25) is 0 Å². The molecule has 1 atom stereocenters. The van der Waals surface area contributed by atoms with Gasteiger partial charge in [0.25, 0.3) is 0 Å². The fraction of sp³-hybridized carbons (Fsp3) is 0.167. The molecule has 0 bridgehead atoms. The molecule has 3 rings (SSSR count). The third-order valence-electron chi connectivity index (χ3n) is 2.57. The molecule has 0 spiro atoms. The third-order valence-corrected chi connectivity index (χ3v) is 3.48. The molecule has 3 aromatic heterocycles. The summed E-state index contributed by atoms with van der Waals surface area (Å²) in [5.41, 5.74) is 0.971. The van der Waals surface area contributed by atoms with Crippen LogP contribution in [0.25, 0.3) is 10.2 Å². The van der Waals surface area contributed by atoms with Gasteiger partial charge in [-0.05, 0) is 30.5 Å². The second-order valence-corrected chi connectivity index (χ2v) is 4.65. The SMILES string of the molecule is C[C@@H](Nc1ncnc2ccsc12)c1ccco1. The van der Waals surface area contributed by atoms with Gasteiger partial charge in [0.05, 0.1) is 22.5 Å². The fourth-order valence-electron chi connectivity index (χ4n) is 1.71. The van der Waals surface area contributed by atoms with Gasteiger partial charge < -0.3 is 9.73 Å². The molecule has 0 aliphatic heterocycles. The highest BCUT2D eigenvalue weighted by Crippen LogP contribution is 2.27. The lowest BCUT2D eigenvalue weighted by Gasteiger charge is -2.12. The smallest absolute Gasteiger partial charge is 0.148 e. The maximum atomic E-state index is 5.36. The maximum absolute atomic E-state index is 5.36. The Hall–Kier alpha value is -1.88. The van der Waals surface area contributed by atoms with Crippen LogP contribution < -0.4 is 5.32 Å². The van der Waals surface area contributed by atoms with Crippen molar-refractivity contribution < 1.29 is 4.42 Å². The molecule has 0 amide bonds. The largest absolute Gasteiger partial charge is 0.467 e. The molecule has 3 heterocycles. The summed E-state index contributed by atoms with van der Waals surface area (Å²) in [6, 6.07) is 5.91. The van der Waals surface area contributed by atoms with Gasteiger partial charge in [-0.1, -0.05) is 0 Å². The summed E-state index contributed by atoms with van der Waals surface area (Å²) in [5.74, 6) is 1.75. The first-order chi connectivity index (χ1) is 8.34. The summed E-state index contributed by atoms with van der Waals surface area (Å²) in [7, 11) is 0. The van der Waals surface area contributed by atoms with Gasteiger partial charge in [0, 0.05) is 0 Å². The van der Waals surface area contributed by atoms with Crippen molar-refractivity contribution in [2.45, 2.75) is 13.0 Å². The number of anilines is 1. The van der Waals surface area contributed by atoms with Gasteiger partial charge in [0.1, 0.15) is 17.9 Å². The molecule has 5 heteroatoms. The minimum absolute atomic E-state index is 0.0881. The van der Waals surface area contributed by atoms with E-state index >= 15 is 0 Å². The van der Waals surface area contributed by atoms with Crippen LogP contribution in [-0.2, 0) is 0 Å². The van der Waals surface area contributed by atoms with Crippen LogP contribution in [0.2, 0.25) is 0 Å². The predicted molar refractivity (Wildman–Crippen MR) is 68.2 cm³/mol. The van der Waals surface area contributed by atoms with Crippen molar-refractivity contribution in [1.29, 1.82) is 0 Å². The van der Waals surface area contributed by atoms with Crippen molar-refractivity contribution in [2.24, 2.45) is 0 Å². The second kappa shape index (κ2) is 4.18. The van der Waals surface area contributed by atoms with Gasteiger partial charge in [0.15, 0.2) is 0 Å². The monoisotopic (exact) mass is 245 g/mol. The van der Waals surface area contributed by atoms with E-state index in [1.165, 1.54) is 0 Å². The molecule has 0 saturated heterocycles. The number of nitrogens with zero attached hydrogens (tertiary/aromatic N) is 2. The number of hydrogen-bond donors (Lipinski definition) is 1. The van der Waals surface area contributed by atoms with Crippen LogP contribution in [0.1, 0.15) is 18.7 Å². The predicted octanol–water partition coefficient (Wildman–Crippen LogP) is 3.46. The number of thiophene rings is 1. The molecule has 0 aliphatic rings. The van der Waals surface area contributed by atoms with E-state index in [9.17, 15) is 0 Å². The van der Waals surface area contributed by atoms with E-state index in [0.29, 0.717) is 0 Å². The maximum Gasteiger partial charge on any atom is 0.148 e. The van der Waals surface area contributed by atoms with Crippen molar-refractivity contribution in [2.75, 3.05) is 5.32 Å². The van der Waals surface area contributed by atoms with E-state index in [1.54, 1.807) is 23.9 Å².